The minimum Gasteiger partial charge on any atom is -0.870 e. The van der Waals surface area contributed by atoms with Gasteiger partial charge in [0.2, 0.25) is 0 Å². The normalized spacial score (nSPS) is 7.38. The molecule has 1 radical (unpaired) electrons. The summed E-state index contributed by atoms with van der Waals surface area (Å²) in [5.74, 6) is 0. The van der Waals surface area contributed by atoms with Crippen LogP contribution in [-0.4, -0.2) is 22.8 Å². The maximum atomic E-state index is 8.55. The minimum atomic E-state index is -5.39. The van der Waals surface area contributed by atoms with Crippen LogP contribution in [-0.2, 0) is 21.6 Å². The van der Waals surface area contributed by atoms with Crippen molar-refractivity contribution in [2.75, 3.05) is 0 Å². The SMILES string of the molecule is O=P([O-])([O-])[O-].[Al+3].[Mn+2].[OH-]. The van der Waals surface area contributed by atoms with Crippen LogP contribution in [0.25, 0.3) is 0 Å². The Hall–Kier alpha value is 1.12. The second-order valence-corrected chi connectivity index (χ2v) is 1.34. The van der Waals surface area contributed by atoms with E-state index >= 15 is 0 Å². The molecule has 0 aromatic carbocycles. The van der Waals surface area contributed by atoms with Gasteiger partial charge in [-0.15, -0.1) is 0 Å². The molecule has 0 spiro atoms. The summed E-state index contributed by atoms with van der Waals surface area (Å²) >= 11 is 0. The van der Waals surface area contributed by atoms with Crippen LogP contribution in [0.1, 0.15) is 0 Å². The van der Waals surface area contributed by atoms with Gasteiger partial charge in [-0.25, -0.2) is 0 Å². The van der Waals surface area contributed by atoms with Crippen LogP contribution in [0.3, 0.4) is 0 Å². The molecular formula is HAlMnO5P+. The summed E-state index contributed by atoms with van der Waals surface area (Å²) in [5, 5.41) is 0. The fraction of sp³-hybridized carbons (Fsp3) is 0. The van der Waals surface area contributed by atoms with Gasteiger partial charge in [-0.05, 0) is 0 Å². The van der Waals surface area contributed by atoms with Crippen molar-refractivity contribution in [3.63, 3.8) is 0 Å². The molecule has 0 saturated heterocycles. The number of rotatable bonds is 0. The summed E-state index contributed by atoms with van der Waals surface area (Å²) in [6.45, 7) is 0. The molecule has 0 saturated carbocycles. The molecule has 0 heterocycles. The molecule has 0 aromatic heterocycles. The summed E-state index contributed by atoms with van der Waals surface area (Å²) in [7, 11) is -5.39. The predicted octanol–water partition coefficient (Wildman–Crippen LogP) is -3.38. The zero-order valence-electron chi connectivity index (χ0n) is 3.48. The zero-order chi connectivity index (χ0) is 4.50. The number of hydrogen-bond donors (Lipinski definition) is 0. The van der Waals surface area contributed by atoms with E-state index in [0.29, 0.717) is 0 Å². The van der Waals surface area contributed by atoms with E-state index in [1.807, 2.05) is 0 Å². The summed E-state index contributed by atoms with van der Waals surface area (Å²) in [4.78, 5) is 25.6. The monoisotopic (exact) mass is 194 g/mol. The fourth-order valence-electron chi connectivity index (χ4n) is 0. The Balaban J connectivity index is -0.0000000267. The Kier molecular flexibility index (Phi) is 23.3. The van der Waals surface area contributed by atoms with Crippen molar-refractivity contribution in [3.8, 4) is 0 Å². The first-order valence-electron chi connectivity index (χ1n) is 0.730. The molecule has 1 N–H and O–H groups in total. The van der Waals surface area contributed by atoms with Crippen LogP contribution < -0.4 is 14.7 Å². The standard InChI is InChI=1S/Al.Mn.H3O4P.H2O/c;;1-5(2,3)4;/h;;(H3,1,2,3,4);1H2/q+3;+2;;/p-4. The third kappa shape index (κ3) is 212. The van der Waals surface area contributed by atoms with E-state index in [9.17, 15) is 0 Å². The largest absolute Gasteiger partial charge is 3.00 e. The molecule has 0 aliphatic rings. The van der Waals surface area contributed by atoms with Gasteiger partial charge in [-0.3, -0.25) is 0 Å². The van der Waals surface area contributed by atoms with Crippen LogP contribution in [0, 0.1) is 0 Å². The van der Waals surface area contributed by atoms with E-state index in [0.717, 1.165) is 0 Å². The molecule has 0 aliphatic carbocycles. The smallest absolute Gasteiger partial charge is 0.870 e. The first kappa shape index (κ1) is 22.9. The van der Waals surface area contributed by atoms with Crippen molar-refractivity contribution in [3.05, 3.63) is 0 Å². The maximum absolute atomic E-state index is 8.55. The van der Waals surface area contributed by atoms with Gasteiger partial charge in [0.05, 0.1) is 0 Å². The molecule has 0 aliphatic heterocycles. The molecule has 8 heavy (non-hydrogen) atoms. The van der Waals surface area contributed by atoms with Crippen molar-refractivity contribution in [1.82, 2.24) is 0 Å². The zero-order valence-corrected chi connectivity index (χ0v) is 6.71. The first-order chi connectivity index (χ1) is 2.00. The molecule has 5 nitrogen and oxygen atoms in total. The second-order valence-electron chi connectivity index (χ2n) is 0.447. The van der Waals surface area contributed by atoms with Crippen LogP contribution >= 0.6 is 7.82 Å². The molecule has 0 bridgehead atoms. The van der Waals surface area contributed by atoms with Gasteiger partial charge in [-0.2, -0.15) is 7.82 Å². The molecule has 0 rings (SSSR count). The number of hydrogen-bond acceptors (Lipinski definition) is 5. The third-order valence-corrected chi connectivity index (χ3v) is 0. The van der Waals surface area contributed by atoms with Crippen molar-refractivity contribution in [1.29, 1.82) is 0 Å². The Labute approximate surface area is 67.3 Å². The summed E-state index contributed by atoms with van der Waals surface area (Å²) < 4.78 is 8.55. The number of phosphoric acid groups is 1. The topological polar surface area (TPSA) is 116 Å². The molecular weight excluding hydrogens is 193 g/mol. The predicted molar refractivity (Wildman–Crippen MR) is 15.3 cm³/mol. The summed E-state index contributed by atoms with van der Waals surface area (Å²) in [6, 6.07) is 0. The molecule has 0 amide bonds. The molecule has 0 unspecified atom stereocenters. The molecule has 8 heteroatoms. The Bertz CT molecular complexity index is 58.6. The van der Waals surface area contributed by atoms with Crippen LogP contribution in [0.2, 0.25) is 0 Å². The van der Waals surface area contributed by atoms with E-state index < -0.39 is 7.82 Å². The van der Waals surface area contributed by atoms with Gasteiger partial charge < -0.3 is 24.7 Å². The van der Waals surface area contributed by atoms with E-state index in [2.05, 4.69) is 0 Å². The Morgan fingerprint density at radius 3 is 1.12 bits per heavy atom. The third-order valence-electron chi connectivity index (χ3n) is 0. The van der Waals surface area contributed by atoms with Gasteiger partial charge in [0.1, 0.15) is 0 Å². The fourth-order valence-corrected chi connectivity index (χ4v) is 0. The molecule has 0 aromatic rings. The van der Waals surface area contributed by atoms with Crippen molar-refractivity contribution < 1.29 is 41.8 Å². The van der Waals surface area contributed by atoms with E-state index in [4.69, 9.17) is 19.2 Å². The first-order valence-corrected chi connectivity index (χ1v) is 2.19. The summed E-state index contributed by atoms with van der Waals surface area (Å²) in [5.41, 5.74) is 0. The minimum absolute atomic E-state index is 0. The molecule has 0 atom stereocenters. The maximum Gasteiger partial charge on any atom is 3.00 e. The van der Waals surface area contributed by atoms with Crippen molar-refractivity contribution in [2.45, 2.75) is 0 Å². The van der Waals surface area contributed by atoms with E-state index in [1.54, 1.807) is 0 Å². The van der Waals surface area contributed by atoms with Gasteiger partial charge >= 0.3 is 34.4 Å². The van der Waals surface area contributed by atoms with Crippen LogP contribution in [0.5, 0.6) is 0 Å². The quantitative estimate of drug-likeness (QED) is 0.294. The van der Waals surface area contributed by atoms with E-state index in [-0.39, 0.29) is 39.9 Å². The Morgan fingerprint density at radius 2 is 1.12 bits per heavy atom. The average Bonchev–Trinajstić information content (AvgIpc) is 0.722. The summed E-state index contributed by atoms with van der Waals surface area (Å²) in [6.07, 6.45) is 0. The van der Waals surface area contributed by atoms with Gasteiger partial charge in [0.15, 0.2) is 0 Å². The average molecular weight is 194 g/mol. The van der Waals surface area contributed by atoms with Crippen LogP contribution in [0.4, 0.5) is 0 Å². The van der Waals surface area contributed by atoms with Gasteiger partial charge in [-0.1, -0.05) is 0 Å². The van der Waals surface area contributed by atoms with E-state index in [1.165, 1.54) is 0 Å². The van der Waals surface area contributed by atoms with Crippen LogP contribution in [0.15, 0.2) is 0 Å². The van der Waals surface area contributed by atoms with Crippen molar-refractivity contribution in [2.24, 2.45) is 0 Å². The Morgan fingerprint density at radius 1 is 1.12 bits per heavy atom. The molecule has 0 fully saturated rings. The molecule has 45 valence electrons. The van der Waals surface area contributed by atoms with Gasteiger partial charge in [0.25, 0.3) is 0 Å². The van der Waals surface area contributed by atoms with Crippen molar-refractivity contribution >= 4 is 25.2 Å². The second kappa shape index (κ2) is 8.12. The van der Waals surface area contributed by atoms with Gasteiger partial charge in [0, 0.05) is 0 Å².